The number of ketones is 1. The van der Waals surface area contributed by atoms with Gasteiger partial charge in [0.15, 0.2) is 5.82 Å². The van der Waals surface area contributed by atoms with Crippen LogP contribution in [0.5, 0.6) is 0 Å². The van der Waals surface area contributed by atoms with Crippen molar-refractivity contribution in [3.63, 3.8) is 0 Å². The first-order valence-corrected chi connectivity index (χ1v) is 17.5. The topological polar surface area (TPSA) is 133 Å². The third kappa shape index (κ3) is 6.92. The maximum absolute atomic E-state index is 13.7. The van der Waals surface area contributed by atoms with Gasteiger partial charge in [0.05, 0.1) is 12.1 Å². The van der Waals surface area contributed by atoms with Crippen molar-refractivity contribution >= 4 is 45.9 Å². The first-order valence-electron chi connectivity index (χ1n) is 16.2. The second kappa shape index (κ2) is 13.8. The van der Waals surface area contributed by atoms with Crippen molar-refractivity contribution in [1.29, 1.82) is 0 Å². The zero-order chi connectivity index (χ0) is 34.9. The standard InChI is InChI=1S/C35H34F3N9O2S/c1-50-34(33(49)43-25-4-5-27-26(18-25)31(45-44-27)23-7-13-39-29(17-23)35(36,37)38)10-16-46(21-34)20-28(48)22-8-14-47(15-9-22)30-6-3-24(19-42-30)32-40-11-2-12-41-32/h2-7,11-13,17-19,22H,8-10,14-16,20-21H2,1H3,(H,43,49)(H,44,45). The summed E-state index contributed by atoms with van der Waals surface area (Å²) in [5, 5.41) is 10.7. The van der Waals surface area contributed by atoms with Gasteiger partial charge < -0.3 is 10.2 Å². The van der Waals surface area contributed by atoms with Gasteiger partial charge in [-0.3, -0.25) is 24.6 Å². The molecule has 0 radical (unpaired) electrons. The van der Waals surface area contributed by atoms with Crippen molar-refractivity contribution < 1.29 is 22.8 Å². The minimum Gasteiger partial charge on any atom is -0.357 e. The molecule has 1 atom stereocenters. The Balaban J connectivity index is 0.951. The van der Waals surface area contributed by atoms with Gasteiger partial charge in [-0.1, -0.05) is 0 Å². The van der Waals surface area contributed by atoms with Crippen LogP contribution in [0.4, 0.5) is 24.7 Å². The number of thioether (sulfide) groups is 1. The molecule has 2 aliphatic rings. The molecule has 2 fully saturated rings. The zero-order valence-corrected chi connectivity index (χ0v) is 28.0. The number of aromatic nitrogens is 6. The van der Waals surface area contributed by atoms with Gasteiger partial charge in [0.25, 0.3) is 0 Å². The quantitative estimate of drug-likeness (QED) is 0.197. The van der Waals surface area contributed by atoms with Crippen molar-refractivity contribution in [1.82, 2.24) is 35.0 Å². The summed E-state index contributed by atoms with van der Waals surface area (Å²) in [5.74, 6) is 1.44. The number of piperidine rings is 1. The molecule has 2 aliphatic heterocycles. The molecule has 7 rings (SSSR count). The van der Waals surface area contributed by atoms with Crippen LogP contribution in [0.1, 0.15) is 25.0 Å². The van der Waals surface area contributed by atoms with Crippen molar-refractivity contribution in [2.75, 3.05) is 49.2 Å². The Bertz CT molecular complexity index is 2000. The van der Waals surface area contributed by atoms with Crippen LogP contribution in [0.15, 0.2) is 73.3 Å². The van der Waals surface area contributed by atoms with E-state index in [1.54, 1.807) is 42.9 Å². The smallest absolute Gasteiger partial charge is 0.357 e. The number of benzene rings is 1. The minimum atomic E-state index is -4.59. The number of rotatable bonds is 9. The lowest BCUT2D eigenvalue weighted by molar-refractivity contribution is -0.141. The van der Waals surface area contributed by atoms with Gasteiger partial charge in [-0.25, -0.2) is 15.0 Å². The molecule has 15 heteroatoms. The van der Waals surface area contributed by atoms with E-state index in [1.807, 2.05) is 18.4 Å². The van der Waals surface area contributed by atoms with Gasteiger partial charge in [-0.05, 0) is 74.0 Å². The van der Waals surface area contributed by atoms with Gasteiger partial charge in [-0.2, -0.15) is 18.3 Å². The number of hydrogen-bond acceptors (Lipinski definition) is 10. The van der Waals surface area contributed by atoms with Gasteiger partial charge >= 0.3 is 6.18 Å². The SMILES string of the molecule is CSC1(C(=O)Nc2ccc3[nH]nc(-c4ccnc(C(F)(F)F)c4)c3c2)CCN(CC(=O)C2CCN(c3ccc(-c4ncccn4)cn3)CC2)C1. The van der Waals surface area contributed by atoms with E-state index in [9.17, 15) is 22.8 Å². The largest absolute Gasteiger partial charge is 0.433 e. The minimum absolute atomic E-state index is 0.0511. The van der Waals surface area contributed by atoms with E-state index in [1.165, 1.54) is 17.8 Å². The molecule has 0 aliphatic carbocycles. The van der Waals surface area contributed by atoms with Gasteiger partial charge in [-0.15, -0.1) is 11.8 Å². The highest BCUT2D eigenvalue weighted by Crippen LogP contribution is 2.37. The van der Waals surface area contributed by atoms with E-state index in [2.05, 4.69) is 45.2 Å². The number of pyridine rings is 2. The number of nitrogens with one attached hydrogen (secondary N) is 2. The summed E-state index contributed by atoms with van der Waals surface area (Å²) in [6, 6.07) is 13.3. The van der Waals surface area contributed by atoms with Crippen molar-refractivity contribution in [2.45, 2.75) is 30.2 Å². The number of Topliss-reactive ketones (excluding diaryl/α,β-unsaturated/α-hetero) is 1. The van der Waals surface area contributed by atoms with E-state index >= 15 is 0 Å². The Kier molecular flexibility index (Phi) is 9.26. The Morgan fingerprint density at radius 3 is 2.50 bits per heavy atom. The van der Waals surface area contributed by atoms with Crippen LogP contribution in [0.2, 0.25) is 0 Å². The molecule has 11 nitrogen and oxygen atoms in total. The number of carbonyl (C=O) groups is 2. The molecular formula is C35H34F3N9O2S. The highest BCUT2D eigenvalue weighted by molar-refractivity contribution is 8.00. The number of nitrogens with zero attached hydrogens (tertiary/aromatic N) is 7. The van der Waals surface area contributed by atoms with Crippen molar-refractivity contribution in [3.05, 3.63) is 79.0 Å². The molecule has 2 saturated heterocycles. The molecule has 0 spiro atoms. The third-order valence-corrected chi connectivity index (χ3v) is 10.8. The summed E-state index contributed by atoms with van der Waals surface area (Å²) >= 11 is 1.46. The fourth-order valence-corrected chi connectivity index (χ4v) is 7.50. The van der Waals surface area contributed by atoms with Crippen LogP contribution in [0, 0.1) is 5.92 Å². The predicted octanol–water partition coefficient (Wildman–Crippen LogP) is 5.73. The van der Waals surface area contributed by atoms with E-state index in [0.717, 1.165) is 49.6 Å². The highest BCUT2D eigenvalue weighted by atomic mass is 32.2. The Morgan fingerprint density at radius 1 is 0.980 bits per heavy atom. The monoisotopic (exact) mass is 701 g/mol. The molecule has 50 heavy (non-hydrogen) atoms. The second-order valence-corrected chi connectivity index (χ2v) is 13.8. The number of carbonyl (C=O) groups excluding carboxylic acids is 2. The van der Waals surface area contributed by atoms with E-state index in [4.69, 9.17) is 0 Å². The normalized spacial score (nSPS) is 18.8. The number of hydrogen-bond donors (Lipinski definition) is 2. The lowest BCUT2D eigenvalue weighted by Crippen LogP contribution is -2.44. The van der Waals surface area contributed by atoms with Crippen LogP contribution in [0.3, 0.4) is 0 Å². The maximum atomic E-state index is 13.7. The molecule has 0 bridgehead atoms. The van der Waals surface area contributed by atoms with Crippen LogP contribution in [-0.2, 0) is 15.8 Å². The summed E-state index contributed by atoms with van der Waals surface area (Å²) in [5.41, 5.74) is 1.54. The average Bonchev–Trinajstić information content (AvgIpc) is 3.76. The Labute approximate surface area is 290 Å². The molecule has 2 N–H and O–H groups in total. The molecule has 1 unspecified atom stereocenters. The molecule has 1 amide bonds. The van der Waals surface area contributed by atoms with Crippen molar-refractivity contribution in [2.24, 2.45) is 5.92 Å². The van der Waals surface area contributed by atoms with E-state index < -0.39 is 16.6 Å². The first kappa shape index (κ1) is 33.6. The Hall–Kier alpha value is -4.89. The molecule has 0 saturated carbocycles. The lowest BCUT2D eigenvalue weighted by Gasteiger charge is -2.33. The number of anilines is 2. The summed E-state index contributed by atoms with van der Waals surface area (Å²) in [6.45, 7) is 2.81. The number of likely N-dealkylation sites (tertiary alicyclic amines) is 1. The zero-order valence-electron chi connectivity index (χ0n) is 27.2. The van der Waals surface area contributed by atoms with E-state index in [-0.39, 0.29) is 23.2 Å². The molecular weight excluding hydrogens is 668 g/mol. The first-order chi connectivity index (χ1) is 24.1. The maximum Gasteiger partial charge on any atom is 0.433 e. The van der Waals surface area contributed by atoms with Gasteiger partial charge in [0.1, 0.15) is 27.7 Å². The Morgan fingerprint density at radius 2 is 1.78 bits per heavy atom. The van der Waals surface area contributed by atoms with Crippen LogP contribution in [0.25, 0.3) is 33.5 Å². The number of alkyl halides is 3. The fraction of sp³-hybridized carbons (Fsp3) is 0.343. The fourth-order valence-electron chi connectivity index (χ4n) is 6.66. The number of fused-ring (bicyclic) bond motifs is 1. The number of aromatic amines is 1. The second-order valence-electron chi connectivity index (χ2n) is 12.6. The number of H-pyrrole nitrogens is 1. The van der Waals surface area contributed by atoms with Crippen LogP contribution < -0.4 is 10.2 Å². The summed E-state index contributed by atoms with van der Waals surface area (Å²) < 4.78 is 39.1. The summed E-state index contributed by atoms with van der Waals surface area (Å²) in [4.78, 5) is 48.0. The van der Waals surface area contributed by atoms with Gasteiger partial charge in [0, 0.05) is 79.1 Å². The molecule has 5 aromatic rings. The molecule has 4 aromatic heterocycles. The highest BCUT2D eigenvalue weighted by Gasteiger charge is 2.45. The van der Waals surface area contributed by atoms with Crippen LogP contribution in [-0.4, -0.2) is 90.5 Å². The number of amides is 1. The van der Waals surface area contributed by atoms with Crippen LogP contribution >= 0.6 is 11.8 Å². The van der Waals surface area contributed by atoms with Gasteiger partial charge in [0.2, 0.25) is 5.91 Å². The summed E-state index contributed by atoms with van der Waals surface area (Å²) in [6.07, 6.45) is 5.64. The number of halogens is 3. The third-order valence-electron chi connectivity index (χ3n) is 9.49. The molecule has 6 heterocycles. The van der Waals surface area contributed by atoms with Crippen molar-refractivity contribution in [3.8, 4) is 22.6 Å². The predicted molar refractivity (Wildman–Crippen MR) is 185 cm³/mol. The molecule has 258 valence electrons. The molecule has 1 aromatic carbocycles. The summed E-state index contributed by atoms with van der Waals surface area (Å²) in [7, 11) is 0. The average molecular weight is 702 g/mol. The van der Waals surface area contributed by atoms with E-state index in [0.29, 0.717) is 54.2 Å². The lowest BCUT2D eigenvalue weighted by atomic mass is 9.92.